The molecule has 0 fully saturated rings. The maximum absolute atomic E-state index is 4.83. The van der Waals surface area contributed by atoms with Gasteiger partial charge in [0.05, 0.1) is 10.2 Å². The summed E-state index contributed by atoms with van der Waals surface area (Å²) in [6, 6.07) is 6.25. The quantitative estimate of drug-likeness (QED) is 0.842. The van der Waals surface area contributed by atoms with Crippen LogP contribution >= 0.6 is 15.9 Å². The van der Waals surface area contributed by atoms with Gasteiger partial charge in [0.25, 0.3) is 0 Å². The largest absolute Gasteiger partial charge is 0.372 e. The monoisotopic (exact) mass is 347 g/mol. The van der Waals surface area contributed by atoms with Crippen molar-refractivity contribution in [1.82, 2.24) is 9.97 Å². The van der Waals surface area contributed by atoms with Crippen molar-refractivity contribution in [2.45, 2.75) is 40.0 Å². The highest BCUT2D eigenvalue weighted by atomic mass is 79.9. The fourth-order valence-corrected chi connectivity index (χ4v) is 3.19. The fourth-order valence-electron chi connectivity index (χ4n) is 2.22. The summed E-state index contributed by atoms with van der Waals surface area (Å²) in [6.07, 6.45) is 0. The molecular weight excluding hydrogens is 326 g/mol. The third kappa shape index (κ3) is 3.10. The Balaban J connectivity index is 2.73. The lowest BCUT2D eigenvalue weighted by Gasteiger charge is -2.22. The number of aromatic nitrogens is 2. The summed E-state index contributed by atoms with van der Waals surface area (Å²) in [5.74, 6) is 1.60. The number of halogens is 1. The molecule has 0 radical (unpaired) electrons. The van der Waals surface area contributed by atoms with Gasteiger partial charge in [-0.1, -0.05) is 39.0 Å². The van der Waals surface area contributed by atoms with Crippen molar-refractivity contribution in [3.8, 4) is 11.4 Å². The van der Waals surface area contributed by atoms with Crippen LogP contribution in [-0.4, -0.2) is 17.0 Å². The maximum atomic E-state index is 4.83. The van der Waals surface area contributed by atoms with E-state index in [1.165, 1.54) is 11.1 Å². The smallest absolute Gasteiger partial charge is 0.162 e. The van der Waals surface area contributed by atoms with Crippen molar-refractivity contribution in [3.63, 3.8) is 0 Å². The number of rotatable bonds is 2. The van der Waals surface area contributed by atoms with Gasteiger partial charge in [-0.05, 0) is 40.9 Å². The molecule has 0 bridgehead atoms. The molecule has 0 saturated carbocycles. The van der Waals surface area contributed by atoms with Gasteiger partial charge in [0, 0.05) is 18.0 Å². The molecular formula is C17H22BrN3. The molecule has 0 spiro atoms. The topological polar surface area (TPSA) is 37.8 Å². The minimum absolute atomic E-state index is 0.0557. The summed E-state index contributed by atoms with van der Waals surface area (Å²) in [4.78, 5) is 9.49. The van der Waals surface area contributed by atoms with Gasteiger partial charge in [0.2, 0.25) is 0 Å². The second-order valence-corrected chi connectivity index (χ2v) is 7.10. The Kier molecular flexibility index (Phi) is 4.38. The number of nitrogens with one attached hydrogen (secondary N) is 1. The number of aryl methyl sites for hydroxylation is 1. The Bertz CT molecular complexity index is 672. The zero-order valence-corrected chi connectivity index (χ0v) is 15.1. The molecule has 1 aromatic carbocycles. The molecule has 2 rings (SSSR count). The molecule has 0 atom stereocenters. The van der Waals surface area contributed by atoms with Gasteiger partial charge < -0.3 is 5.32 Å². The van der Waals surface area contributed by atoms with Crippen LogP contribution in [-0.2, 0) is 5.41 Å². The van der Waals surface area contributed by atoms with Gasteiger partial charge in [-0.25, -0.2) is 9.97 Å². The van der Waals surface area contributed by atoms with Crippen molar-refractivity contribution in [2.24, 2.45) is 0 Å². The first-order chi connectivity index (χ1) is 9.75. The highest BCUT2D eigenvalue weighted by Crippen LogP contribution is 2.35. The summed E-state index contributed by atoms with van der Waals surface area (Å²) in [7, 11) is 1.88. The van der Waals surface area contributed by atoms with E-state index in [9.17, 15) is 0 Å². The Labute approximate surface area is 135 Å². The fraction of sp³-hybridized carbons (Fsp3) is 0.412. The zero-order chi connectivity index (χ0) is 15.8. The molecule has 0 saturated heterocycles. The standard InChI is InChI=1S/C17H22BrN3/c1-10-8-7-9-12(11(10)2)15-20-14(17(3,4)5)13(18)16(19-6)21-15/h7-9H,1-6H3,(H,19,20,21). The third-order valence-corrected chi connectivity index (χ3v) is 4.40. The van der Waals surface area contributed by atoms with Crippen molar-refractivity contribution >= 4 is 21.7 Å². The number of anilines is 1. The molecule has 0 aliphatic carbocycles. The lowest BCUT2D eigenvalue weighted by molar-refractivity contribution is 0.564. The van der Waals surface area contributed by atoms with E-state index in [1.807, 2.05) is 7.05 Å². The first-order valence-corrected chi connectivity index (χ1v) is 7.87. The van der Waals surface area contributed by atoms with E-state index in [0.29, 0.717) is 0 Å². The Morgan fingerprint density at radius 3 is 2.33 bits per heavy atom. The lowest BCUT2D eigenvalue weighted by atomic mass is 9.91. The molecule has 0 aliphatic heterocycles. The molecule has 21 heavy (non-hydrogen) atoms. The average molecular weight is 348 g/mol. The van der Waals surface area contributed by atoms with E-state index in [0.717, 1.165) is 27.4 Å². The molecule has 0 unspecified atom stereocenters. The van der Waals surface area contributed by atoms with Gasteiger partial charge in [-0.3, -0.25) is 0 Å². The molecule has 1 heterocycles. The van der Waals surface area contributed by atoms with Crippen molar-refractivity contribution in [3.05, 3.63) is 39.5 Å². The van der Waals surface area contributed by atoms with Crippen molar-refractivity contribution in [2.75, 3.05) is 12.4 Å². The van der Waals surface area contributed by atoms with Crippen LogP contribution in [0.3, 0.4) is 0 Å². The predicted octanol–water partition coefficient (Wildman–Crippen LogP) is 4.86. The zero-order valence-electron chi connectivity index (χ0n) is 13.5. The second-order valence-electron chi connectivity index (χ2n) is 6.31. The molecule has 0 aliphatic rings. The normalized spacial score (nSPS) is 11.6. The van der Waals surface area contributed by atoms with E-state index in [2.05, 4.69) is 79.0 Å². The summed E-state index contributed by atoms with van der Waals surface area (Å²) in [5.41, 5.74) is 4.52. The van der Waals surface area contributed by atoms with Crippen LogP contribution in [0.15, 0.2) is 22.7 Å². The lowest BCUT2D eigenvalue weighted by Crippen LogP contribution is -2.17. The number of hydrogen-bond donors (Lipinski definition) is 1. The molecule has 2 aromatic rings. The highest BCUT2D eigenvalue weighted by molar-refractivity contribution is 9.10. The van der Waals surface area contributed by atoms with Gasteiger partial charge in [0.1, 0.15) is 5.82 Å². The minimum Gasteiger partial charge on any atom is -0.372 e. The van der Waals surface area contributed by atoms with Gasteiger partial charge >= 0.3 is 0 Å². The first kappa shape index (κ1) is 16.0. The summed E-state index contributed by atoms with van der Waals surface area (Å²) in [5, 5.41) is 3.15. The van der Waals surface area contributed by atoms with E-state index in [-0.39, 0.29) is 5.41 Å². The van der Waals surface area contributed by atoms with Crippen LogP contribution in [0.25, 0.3) is 11.4 Å². The van der Waals surface area contributed by atoms with Gasteiger partial charge in [0.15, 0.2) is 5.82 Å². The van der Waals surface area contributed by atoms with Crippen LogP contribution in [0.4, 0.5) is 5.82 Å². The molecule has 1 N–H and O–H groups in total. The Morgan fingerprint density at radius 1 is 1.10 bits per heavy atom. The maximum Gasteiger partial charge on any atom is 0.162 e. The average Bonchev–Trinajstić information content (AvgIpc) is 2.41. The van der Waals surface area contributed by atoms with Crippen molar-refractivity contribution < 1.29 is 0 Å². The van der Waals surface area contributed by atoms with E-state index < -0.39 is 0 Å². The molecule has 3 nitrogen and oxygen atoms in total. The summed E-state index contributed by atoms with van der Waals surface area (Å²) in [6.45, 7) is 10.7. The number of hydrogen-bond acceptors (Lipinski definition) is 3. The summed E-state index contributed by atoms with van der Waals surface area (Å²) < 4.78 is 0.937. The minimum atomic E-state index is -0.0557. The molecule has 112 valence electrons. The van der Waals surface area contributed by atoms with Crippen LogP contribution in [0.5, 0.6) is 0 Å². The highest BCUT2D eigenvalue weighted by Gasteiger charge is 2.23. The Hall–Kier alpha value is -1.42. The predicted molar refractivity (Wildman–Crippen MR) is 92.9 cm³/mol. The van der Waals surface area contributed by atoms with Crippen LogP contribution < -0.4 is 5.32 Å². The van der Waals surface area contributed by atoms with Gasteiger partial charge in [-0.15, -0.1) is 0 Å². The van der Waals surface area contributed by atoms with E-state index in [1.54, 1.807) is 0 Å². The van der Waals surface area contributed by atoms with E-state index >= 15 is 0 Å². The summed E-state index contributed by atoms with van der Waals surface area (Å²) >= 11 is 3.63. The number of benzene rings is 1. The molecule has 4 heteroatoms. The first-order valence-electron chi connectivity index (χ1n) is 7.08. The van der Waals surface area contributed by atoms with Crippen LogP contribution in [0.1, 0.15) is 37.6 Å². The number of nitrogens with zero attached hydrogens (tertiary/aromatic N) is 2. The van der Waals surface area contributed by atoms with Crippen LogP contribution in [0, 0.1) is 13.8 Å². The Morgan fingerprint density at radius 2 is 1.76 bits per heavy atom. The van der Waals surface area contributed by atoms with E-state index in [4.69, 9.17) is 4.98 Å². The second kappa shape index (κ2) is 5.76. The third-order valence-electron chi connectivity index (χ3n) is 3.64. The molecule has 0 amide bonds. The van der Waals surface area contributed by atoms with Crippen molar-refractivity contribution in [1.29, 1.82) is 0 Å². The molecule has 1 aromatic heterocycles. The van der Waals surface area contributed by atoms with Crippen LogP contribution in [0.2, 0.25) is 0 Å². The van der Waals surface area contributed by atoms with Gasteiger partial charge in [-0.2, -0.15) is 0 Å². The SMILES string of the molecule is CNc1nc(-c2cccc(C)c2C)nc(C(C)(C)C)c1Br.